The summed E-state index contributed by atoms with van der Waals surface area (Å²) in [7, 11) is 0. The SMILES string of the molecule is O=S(O)C(c1cccc2ccccc12)(c1cccc2ccccc12)S(=O)O. The zero-order chi connectivity index (χ0) is 19.0. The Bertz CT molecular complexity index is 1100. The molecule has 0 amide bonds. The normalized spacial score (nSPS) is 14.3. The van der Waals surface area contributed by atoms with Crippen molar-refractivity contribution in [1.82, 2.24) is 0 Å². The summed E-state index contributed by atoms with van der Waals surface area (Å²) >= 11 is -5.31. The van der Waals surface area contributed by atoms with Gasteiger partial charge >= 0.3 is 0 Å². The first-order valence-electron chi connectivity index (χ1n) is 8.25. The van der Waals surface area contributed by atoms with Crippen molar-refractivity contribution in [3.63, 3.8) is 0 Å². The molecule has 2 atom stereocenters. The lowest BCUT2D eigenvalue weighted by molar-refractivity contribution is 0.524. The molecule has 0 fully saturated rings. The van der Waals surface area contributed by atoms with E-state index >= 15 is 0 Å². The molecule has 0 aliphatic carbocycles. The Morgan fingerprint density at radius 1 is 0.556 bits per heavy atom. The van der Waals surface area contributed by atoms with Crippen LogP contribution in [-0.2, 0) is 26.2 Å². The minimum Gasteiger partial charge on any atom is -0.304 e. The highest BCUT2D eigenvalue weighted by molar-refractivity contribution is 7.98. The molecule has 0 heterocycles. The summed E-state index contributed by atoms with van der Waals surface area (Å²) < 4.78 is 44.2. The minimum absolute atomic E-state index is 0.346. The van der Waals surface area contributed by atoms with Crippen molar-refractivity contribution in [1.29, 1.82) is 0 Å². The molecule has 0 spiro atoms. The third kappa shape index (κ3) is 2.73. The Morgan fingerprint density at radius 3 is 1.33 bits per heavy atom. The van der Waals surface area contributed by atoms with Crippen LogP contribution in [0.1, 0.15) is 11.1 Å². The van der Waals surface area contributed by atoms with Crippen molar-refractivity contribution < 1.29 is 17.5 Å². The molecule has 0 aromatic heterocycles. The van der Waals surface area contributed by atoms with Gasteiger partial charge in [0.25, 0.3) is 0 Å². The first kappa shape index (κ1) is 18.0. The molecule has 27 heavy (non-hydrogen) atoms. The summed E-state index contributed by atoms with van der Waals surface area (Å²) in [4.78, 5) is 0. The summed E-state index contributed by atoms with van der Waals surface area (Å²) in [5.74, 6) is 0. The summed E-state index contributed by atoms with van der Waals surface area (Å²) in [6.45, 7) is 0. The second-order valence-corrected chi connectivity index (χ2v) is 8.65. The van der Waals surface area contributed by atoms with Crippen LogP contribution in [0.25, 0.3) is 21.5 Å². The molecule has 0 aliphatic rings. The molecule has 4 nitrogen and oxygen atoms in total. The van der Waals surface area contributed by atoms with E-state index in [-0.39, 0.29) is 0 Å². The van der Waals surface area contributed by atoms with E-state index in [2.05, 4.69) is 0 Å². The molecule has 136 valence electrons. The summed E-state index contributed by atoms with van der Waals surface area (Å²) in [5, 5.41) is 2.99. The maximum Gasteiger partial charge on any atom is 0.222 e. The van der Waals surface area contributed by atoms with Gasteiger partial charge in [-0.2, -0.15) is 0 Å². The molecule has 0 aliphatic heterocycles. The van der Waals surface area contributed by atoms with Gasteiger partial charge in [0.05, 0.1) is 0 Å². The quantitative estimate of drug-likeness (QED) is 0.493. The van der Waals surface area contributed by atoms with Gasteiger partial charge in [0, 0.05) is 11.1 Å². The van der Waals surface area contributed by atoms with Gasteiger partial charge in [0.2, 0.25) is 4.08 Å². The largest absolute Gasteiger partial charge is 0.304 e. The molecule has 2 unspecified atom stereocenters. The molecular weight excluding hydrogens is 380 g/mol. The van der Waals surface area contributed by atoms with Crippen LogP contribution in [0.4, 0.5) is 0 Å². The van der Waals surface area contributed by atoms with Gasteiger partial charge in [-0.15, -0.1) is 0 Å². The van der Waals surface area contributed by atoms with Crippen LogP contribution in [0.3, 0.4) is 0 Å². The second kappa shape index (κ2) is 6.98. The van der Waals surface area contributed by atoms with Gasteiger partial charge in [-0.3, -0.25) is 0 Å². The van der Waals surface area contributed by atoms with E-state index < -0.39 is 26.2 Å². The zero-order valence-electron chi connectivity index (χ0n) is 14.1. The van der Waals surface area contributed by atoms with Crippen molar-refractivity contribution in [2.45, 2.75) is 4.08 Å². The standard InChI is InChI=1S/C21H16O4S2/c22-26(23)21(27(24)25,19-13-5-9-15-7-1-3-11-17(15)19)20-14-6-10-16-8-2-4-12-18(16)20/h1-14H,(H,22,23)(H,24,25). The number of hydrogen-bond donors (Lipinski definition) is 2. The fourth-order valence-electron chi connectivity index (χ4n) is 3.61. The van der Waals surface area contributed by atoms with E-state index in [4.69, 9.17) is 0 Å². The lowest BCUT2D eigenvalue weighted by Crippen LogP contribution is -2.37. The summed E-state index contributed by atoms with van der Waals surface area (Å²) in [6, 6.07) is 25.2. The minimum atomic E-state index is -2.66. The molecular formula is C21H16O4S2. The Labute approximate surface area is 161 Å². The Hall–Kier alpha value is -2.38. The highest BCUT2D eigenvalue weighted by Crippen LogP contribution is 2.44. The molecule has 2 N–H and O–H groups in total. The highest BCUT2D eigenvalue weighted by atomic mass is 32.3. The molecule has 0 radical (unpaired) electrons. The predicted octanol–water partition coefficient (Wildman–Crippen LogP) is 4.64. The number of hydrogen-bond acceptors (Lipinski definition) is 2. The first-order chi connectivity index (χ1) is 13.1. The van der Waals surface area contributed by atoms with Crippen molar-refractivity contribution in [2.75, 3.05) is 0 Å². The molecule has 0 saturated heterocycles. The van der Waals surface area contributed by atoms with E-state index in [1.165, 1.54) is 0 Å². The Kier molecular flexibility index (Phi) is 4.65. The average molecular weight is 396 g/mol. The van der Waals surface area contributed by atoms with Crippen LogP contribution in [0, 0.1) is 0 Å². The number of rotatable bonds is 4. The monoisotopic (exact) mass is 396 g/mol. The highest BCUT2D eigenvalue weighted by Gasteiger charge is 2.49. The lowest BCUT2D eigenvalue weighted by atomic mass is 9.94. The average Bonchev–Trinajstić information content (AvgIpc) is 2.68. The molecule has 6 heteroatoms. The molecule has 0 bridgehead atoms. The van der Waals surface area contributed by atoms with Crippen LogP contribution in [0.2, 0.25) is 0 Å². The van der Waals surface area contributed by atoms with E-state index in [9.17, 15) is 17.5 Å². The van der Waals surface area contributed by atoms with Crippen LogP contribution in [-0.4, -0.2) is 17.5 Å². The third-order valence-electron chi connectivity index (χ3n) is 4.78. The summed E-state index contributed by atoms with van der Waals surface area (Å²) in [5.41, 5.74) is 0.692. The molecule has 4 rings (SSSR count). The van der Waals surface area contributed by atoms with E-state index in [0.29, 0.717) is 21.9 Å². The molecule has 4 aromatic rings. The predicted molar refractivity (Wildman–Crippen MR) is 110 cm³/mol. The van der Waals surface area contributed by atoms with E-state index in [0.717, 1.165) is 10.8 Å². The van der Waals surface area contributed by atoms with Crippen LogP contribution in [0.15, 0.2) is 84.9 Å². The second-order valence-electron chi connectivity index (χ2n) is 6.17. The van der Waals surface area contributed by atoms with Crippen molar-refractivity contribution in [3.05, 3.63) is 96.1 Å². The number of benzene rings is 4. The van der Waals surface area contributed by atoms with Crippen molar-refractivity contribution in [2.24, 2.45) is 0 Å². The Morgan fingerprint density at radius 2 is 0.926 bits per heavy atom. The van der Waals surface area contributed by atoms with Crippen LogP contribution in [0.5, 0.6) is 0 Å². The number of fused-ring (bicyclic) bond motifs is 2. The van der Waals surface area contributed by atoms with Gasteiger partial charge in [0.1, 0.15) is 0 Å². The van der Waals surface area contributed by atoms with Gasteiger partial charge in [-0.25, -0.2) is 8.42 Å². The lowest BCUT2D eigenvalue weighted by Gasteiger charge is -2.30. The maximum atomic E-state index is 12.7. The van der Waals surface area contributed by atoms with E-state index in [1.54, 1.807) is 48.5 Å². The van der Waals surface area contributed by atoms with Gasteiger partial charge < -0.3 is 9.11 Å². The first-order valence-corrected chi connectivity index (χ1v) is 10.5. The third-order valence-corrected chi connectivity index (χ3v) is 7.50. The van der Waals surface area contributed by atoms with Crippen molar-refractivity contribution in [3.8, 4) is 0 Å². The fraction of sp³-hybridized carbons (Fsp3) is 0.0476. The van der Waals surface area contributed by atoms with Crippen molar-refractivity contribution >= 4 is 43.7 Å². The fourth-order valence-corrected chi connectivity index (χ4v) is 5.56. The summed E-state index contributed by atoms with van der Waals surface area (Å²) in [6.07, 6.45) is 0. The van der Waals surface area contributed by atoms with Gasteiger partial charge in [-0.05, 0) is 21.5 Å². The van der Waals surface area contributed by atoms with E-state index in [1.807, 2.05) is 36.4 Å². The van der Waals surface area contributed by atoms with Gasteiger partial charge in [-0.1, -0.05) is 84.9 Å². The Balaban J connectivity index is 2.20. The van der Waals surface area contributed by atoms with Gasteiger partial charge in [0.15, 0.2) is 22.2 Å². The smallest absolute Gasteiger partial charge is 0.222 e. The molecule has 4 aromatic carbocycles. The van der Waals surface area contributed by atoms with Crippen LogP contribution >= 0.6 is 0 Å². The van der Waals surface area contributed by atoms with Crippen LogP contribution < -0.4 is 0 Å². The zero-order valence-corrected chi connectivity index (χ0v) is 15.7. The topological polar surface area (TPSA) is 74.6 Å². The maximum absolute atomic E-state index is 12.7. The molecule has 0 saturated carbocycles.